The highest BCUT2D eigenvalue weighted by atomic mass is 16.5. The first-order valence-corrected chi connectivity index (χ1v) is 8.10. The van der Waals surface area contributed by atoms with E-state index in [1.807, 2.05) is 24.3 Å². The molecule has 6 heteroatoms. The summed E-state index contributed by atoms with van der Waals surface area (Å²) in [5.41, 5.74) is 2.67. The average Bonchev–Trinajstić information content (AvgIpc) is 3.17. The molecule has 0 spiro atoms. The number of rotatable bonds is 4. The fourth-order valence-corrected chi connectivity index (χ4v) is 3.14. The van der Waals surface area contributed by atoms with E-state index < -0.39 is 0 Å². The van der Waals surface area contributed by atoms with Crippen LogP contribution >= 0.6 is 0 Å². The third-order valence-electron chi connectivity index (χ3n) is 4.56. The summed E-state index contributed by atoms with van der Waals surface area (Å²) in [7, 11) is 0. The number of H-pyrrole nitrogens is 1. The van der Waals surface area contributed by atoms with E-state index >= 15 is 0 Å². The number of aromatic nitrogens is 4. The molecule has 1 aromatic carbocycles. The lowest BCUT2D eigenvalue weighted by Crippen LogP contribution is -2.16. The van der Waals surface area contributed by atoms with Gasteiger partial charge in [0.05, 0.1) is 17.2 Å². The Morgan fingerprint density at radius 1 is 1.26 bits per heavy atom. The minimum absolute atomic E-state index is 0.177. The lowest BCUT2D eigenvalue weighted by Gasteiger charge is -2.21. The predicted octanol–water partition coefficient (Wildman–Crippen LogP) is 2.81. The minimum atomic E-state index is 0.177. The van der Waals surface area contributed by atoms with Gasteiger partial charge in [0.15, 0.2) is 0 Å². The van der Waals surface area contributed by atoms with Crippen LogP contribution in [0.2, 0.25) is 0 Å². The quantitative estimate of drug-likeness (QED) is 0.776. The summed E-state index contributed by atoms with van der Waals surface area (Å²) >= 11 is 0. The molecule has 120 valence electrons. The summed E-state index contributed by atoms with van der Waals surface area (Å²) in [6.45, 7) is 1.71. The van der Waals surface area contributed by atoms with E-state index in [4.69, 9.17) is 4.74 Å². The Morgan fingerprint density at radius 3 is 2.91 bits per heavy atom. The van der Waals surface area contributed by atoms with E-state index in [9.17, 15) is 5.11 Å². The van der Waals surface area contributed by atoms with Crippen molar-refractivity contribution in [2.24, 2.45) is 5.92 Å². The van der Waals surface area contributed by atoms with E-state index in [0.29, 0.717) is 11.9 Å². The van der Waals surface area contributed by atoms with Crippen LogP contribution in [0.5, 0.6) is 5.88 Å². The van der Waals surface area contributed by atoms with Crippen LogP contribution in [-0.2, 0) is 11.2 Å². The molecule has 1 fully saturated rings. The number of benzene rings is 1. The van der Waals surface area contributed by atoms with Crippen molar-refractivity contribution in [3.8, 4) is 11.8 Å². The van der Waals surface area contributed by atoms with E-state index in [2.05, 4.69) is 15.1 Å². The number of fused-ring (bicyclic) bond motifs is 1. The summed E-state index contributed by atoms with van der Waals surface area (Å²) in [4.78, 5) is 7.66. The van der Waals surface area contributed by atoms with Crippen LogP contribution < -0.4 is 0 Å². The van der Waals surface area contributed by atoms with Crippen molar-refractivity contribution in [1.82, 2.24) is 19.7 Å². The minimum Gasteiger partial charge on any atom is -0.493 e. The molecule has 3 aromatic rings. The van der Waals surface area contributed by atoms with Crippen LogP contribution in [0.3, 0.4) is 0 Å². The Kier molecular flexibility index (Phi) is 3.75. The number of nitrogens with zero attached hydrogens (tertiary/aromatic N) is 3. The molecule has 0 unspecified atom stereocenters. The fraction of sp³-hybridized carbons (Fsp3) is 0.412. The van der Waals surface area contributed by atoms with E-state index in [1.54, 1.807) is 6.20 Å². The molecule has 0 amide bonds. The van der Waals surface area contributed by atoms with Crippen LogP contribution in [0, 0.1) is 5.92 Å². The molecule has 1 aliphatic heterocycles. The molecule has 0 bridgehead atoms. The van der Waals surface area contributed by atoms with Gasteiger partial charge in [0.1, 0.15) is 0 Å². The van der Waals surface area contributed by atoms with Crippen LogP contribution in [0.1, 0.15) is 24.8 Å². The Bertz CT molecular complexity index is 769. The molecule has 2 aromatic heterocycles. The zero-order valence-corrected chi connectivity index (χ0v) is 12.9. The van der Waals surface area contributed by atoms with Gasteiger partial charge in [-0.2, -0.15) is 9.78 Å². The van der Waals surface area contributed by atoms with Crippen LogP contribution in [0.4, 0.5) is 0 Å². The number of aromatic amines is 1. The highest BCUT2D eigenvalue weighted by Crippen LogP contribution is 2.26. The Labute approximate surface area is 134 Å². The van der Waals surface area contributed by atoms with Gasteiger partial charge in [0, 0.05) is 18.8 Å². The number of nitrogens with one attached hydrogen (secondary N) is 1. The standard InChI is InChI=1S/C17H20N4O2/c22-16-13(6-5-12-7-9-23-10-8-12)11-18-21(16)17-19-14-3-1-2-4-15(14)20-17/h1-4,11-12,22H,5-10H2,(H,19,20). The summed E-state index contributed by atoms with van der Waals surface area (Å²) in [6.07, 6.45) is 5.85. The predicted molar refractivity (Wildman–Crippen MR) is 86.7 cm³/mol. The van der Waals surface area contributed by atoms with Crippen LogP contribution in [0.25, 0.3) is 17.0 Å². The summed E-state index contributed by atoms with van der Waals surface area (Å²) in [5.74, 6) is 1.40. The van der Waals surface area contributed by atoms with Gasteiger partial charge in [-0.3, -0.25) is 0 Å². The fourth-order valence-electron chi connectivity index (χ4n) is 3.14. The van der Waals surface area contributed by atoms with Crippen molar-refractivity contribution in [2.75, 3.05) is 13.2 Å². The second-order valence-electron chi connectivity index (χ2n) is 6.08. The number of imidazole rings is 1. The normalized spacial score (nSPS) is 16.2. The largest absolute Gasteiger partial charge is 0.493 e. The summed E-state index contributed by atoms with van der Waals surface area (Å²) in [6, 6.07) is 7.78. The number of hydrogen-bond donors (Lipinski definition) is 2. The van der Waals surface area contributed by atoms with Crippen molar-refractivity contribution in [3.05, 3.63) is 36.0 Å². The molecular weight excluding hydrogens is 292 g/mol. The maximum absolute atomic E-state index is 10.5. The van der Waals surface area contributed by atoms with Crippen molar-refractivity contribution >= 4 is 11.0 Å². The molecule has 23 heavy (non-hydrogen) atoms. The molecular formula is C17H20N4O2. The van der Waals surface area contributed by atoms with Gasteiger partial charge in [-0.25, -0.2) is 4.98 Å². The number of hydrogen-bond acceptors (Lipinski definition) is 4. The highest BCUT2D eigenvalue weighted by Gasteiger charge is 2.17. The second kappa shape index (κ2) is 6.04. The maximum Gasteiger partial charge on any atom is 0.232 e. The monoisotopic (exact) mass is 312 g/mol. The number of ether oxygens (including phenoxy) is 1. The summed E-state index contributed by atoms with van der Waals surface area (Å²) < 4.78 is 6.86. The van der Waals surface area contributed by atoms with Gasteiger partial charge in [-0.05, 0) is 43.7 Å². The zero-order valence-electron chi connectivity index (χ0n) is 12.9. The van der Waals surface area contributed by atoms with Crippen molar-refractivity contribution in [1.29, 1.82) is 0 Å². The van der Waals surface area contributed by atoms with Crippen molar-refractivity contribution in [3.63, 3.8) is 0 Å². The van der Waals surface area contributed by atoms with E-state index in [1.165, 1.54) is 4.68 Å². The Hall–Kier alpha value is -2.34. The third-order valence-corrected chi connectivity index (χ3v) is 4.56. The van der Waals surface area contributed by atoms with Crippen molar-refractivity contribution < 1.29 is 9.84 Å². The van der Waals surface area contributed by atoms with E-state index in [-0.39, 0.29) is 5.88 Å². The van der Waals surface area contributed by atoms with Crippen LogP contribution in [-0.4, -0.2) is 38.1 Å². The van der Waals surface area contributed by atoms with Gasteiger partial charge >= 0.3 is 0 Å². The zero-order chi connectivity index (χ0) is 15.6. The molecule has 3 heterocycles. The van der Waals surface area contributed by atoms with Gasteiger partial charge in [-0.1, -0.05) is 12.1 Å². The SMILES string of the molecule is Oc1c(CCC2CCOCC2)cnn1-c1nc2ccccc2[nH]1. The number of aryl methyl sites for hydroxylation is 1. The lowest BCUT2D eigenvalue weighted by atomic mass is 9.93. The lowest BCUT2D eigenvalue weighted by molar-refractivity contribution is 0.0640. The number of aromatic hydroxyl groups is 1. The molecule has 1 aliphatic rings. The first-order valence-electron chi connectivity index (χ1n) is 8.10. The molecule has 0 radical (unpaired) electrons. The third kappa shape index (κ3) is 2.82. The van der Waals surface area contributed by atoms with Gasteiger partial charge in [-0.15, -0.1) is 0 Å². The molecule has 0 saturated carbocycles. The van der Waals surface area contributed by atoms with Gasteiger partial charge in [0.25, 0.3) is 0 Å². The first kappa shape index (κ1) is 14.3. The molecule has 0 atom stereocenters. The van der Waals surface area contributed by atoms with Crippen molar-refractivity contribution in [2.45, 2.75) is 25.7 Å². The molecule has 2 N–H and O–H groups in total. The average molecular weight is 312 g/mol. The smallest absolute Gasteiger partial charge is 0.232 e. The molecule has 0 aliphatic carbocycles. The molecule has 6 nitrogen and oxygen atoms in total. The molecule has 4 rings (SSSR count). The molecule has 1 saturated heterocycles. The second-order valence-corrected chi connectivity index (χ2v) is 6.08. The van der Waals surface area contributed by atoms with Gasteiger partial charge < -0.3 is 14.8 Å². The Balaban J connectivity index is 1.52. The van der Waals surface area contributed by atoms with Crippen LogP contribution in [0.15, 0.2) is 30.5 Å². The maximum atomic E-state index is 10.5. The highest BCUT2D eigenvalue weighted by molar-refractivity contribution is 5.76. The first-order chi connectivity index (χ1) is 11.3. The van der Waals surface area contributed by atoms with Gasteiger partial charge in [0.2, 0.25) is 11.8 Å². The topological polar surface area (TPSA) is 76.0 Å². The number of para-hydroxylation sites is 2. The Morgan fingerprint density at radius 2 is 2.09 bits per heavy atom. The van der Waals surface area contributed by atoms with E-state index in [0.717, 1.165) is 55.5 Å². The summed E-state index contributed by atoms with van der Waals surface area (Å²) in [5, 5.41) is 14.7.